The van der Waals surface area contributed by atoms with Crippen molar-refractivity contribution in [2.45, 2.75) is 44.2 Å². The van der Waals surface area contributed by atoms with Gasteiger partial charge in [-0.1, -0.05) is 6.07 Å². The lowest BCUT2D eigenvalue weighted by atomic mass is 9.85. The molecule has 4 rings (SSSR count). The standard InChI is InChI=1S/C20H28N4O3/c1-23-7-6-14-4-5-15(10-18(14)23)21-20(27)22-16-8-17(9-16)24(12-19(25)26)11-13-2-3-13/h4-5,10,13,16-17H,2-3,6-9,11-12H2,1H3,(H,25,26)(H2,21,22,27). The second-order valence-electron chi connectivity index (χ2n) is 8.20. The maximum Gasteiger partial charge on any atom is 0.319 e. The number of anilines is 2. The van der Waals surface area contributed by atoms with Gasteiger partial charge < -0.3 is 20.6 Å². The van der Waals surface area contributed by atoms with Gasteiger partial charge in [0.05, 0.1) is 6.54 Å². The number of carboxylic acids is 1. The molecule has 7 nitrogen and oxygen atoms in total. The molecule has 0 saturated heterocycles. The maximum atomic E-state index is 12.3. The summed E-state index contributed by atoms with van der Waals surface area (Å²) in [5.41, 5.74) is 3.30. The Balaban J connectivity index is 1.25. The summed E-state index contributed by atoms with van der Waals surface area (Å²) in [5.74, 6) is -0.107. The zero-order valence-electron chi connectivity index (χ0n) is 15.8. The number of hydrogen-bond donors (Lipinski definition) is 3. The highest BCUT2D eigenvalue weighted by Crippen LogP contribution is 2.34. The molecule has 7 heteroatoms. The van der Waals surface area contributed by atoms with E-state index in [0.29, 0.717) is 5.92 Å². The number of carboxylic acid groups (broad SMARTS) is 1. The van der Waals surface area contributed by atoms with Gasteiger partial charge in [-0.2, -0.15) is 0 Å². The molecule has 146 valence electrons. The first-order valence-corrected chi connectivity index (χ1v) is 9.85. The van der Waals surface area contributed by atoms with E-state index in [4.69, 9.17) is 5.11 Å². The van der Waals surface area contributed by atoms with Crippen molar-refractivity contribution < 1.29 is 14.7 Å². The van der Waals surface area contributed by atoms with Crippen molar-refractivity contribution in [3.8, 4) is 0 Å². The van der Waals surface area contributed by atoms with Crippen LogP contribution in [0.1, 0.15) is 31.2 Å². The van der Waals surface area contributed by atoms with Crippen LogP contribution in [0.15, 0.2) is 18.2 Å². The van der Waals surface area contributed by atoms with Crippen molar-refractivity contribution in [3.05, 3.63) is 23.8 Å². The summed E-state index contributed by atoms with van der Waals surface area (Å²) in [7, 11) is 2.06. The number of nitrogens with zero attached hydrogens (tertiary/aromatic N) is 2. The maximum absolute atomic E-state index is 12.3. The number of carbonyl (C=O) groups excluding carboxylic acids is 1. The summed E-state index contributed by atoms with van der Waals surface area (Å²) in [6, 6.07) is 6.24. The Labute approximate surface area is 159 Å². The van der Waals surface area contributed by atoms with Crippen molar-refractivity contribution in [3.63, 3.8) is 0 Å². The van der Waals surface area contributed by atoms with Crippen LogP contribution >= 0.6 is 0 Å². The number of aliphatic carboxylic acids is 1. The average Bonchev–Trinajstić information content (AvgIpc) is 3.32. The lowest BCUT2D eigenvalue weighted by molar-refractivity contribution is -0.139. The number of rotatable bonds is 7. The van der Waals surface area contributed by atoms with Crippen LogP contribution in [-0.4, -0.2) is 60.8 Å². The minimum Gasteiger partial charge on any atom is -0.480 e. The number of hydrogen-bond acceptors (Lipinski definition) is 4. The normalized spacial score (nSPS) is 23.7. The van der Waals surface area contributed by atoms with E-state index >= 15 is 0 Å². The van der Waals surface area contributed by atoms with Gasteiger partial charge in [-0.15, -0.1) is 0 Å². The van der Waals surface area contributed by atoms with E-state index < -0.39 is 5.97 Å². The number of nitrogens with one attached hydrogen (secondary N) is 2. The fourth-order valence-electron chi connectivity index (χ4n) is 4.12. The first-order valence-electron chi connectivity index (χ1n) is 9.85. The van der Waals surface area contributed by atoms with Crippen molar-refractivity contribution in [1.82, 2.24) is 10.2 Å². The zero-order valence-corrected chi connectivity index (χ0v) is 15.8. The quantitative estimate of drug-likeness (QED) is 0.683. The molecule has 2 saturated carbocycles. The fraction of sp³-hybridized carbons (Fsp3) is 0.600. The molecular weight excluding hydrogens is 344 g/mol. The van der Waals surface area contributed by atoms with Crippen LogP contribution in [-0.2, 0) is 11.2 Å². The SMILES string of the molecule is CN1CCc2ccc(NC(=O)NC3CC(N(CC(=O)O)CC4CC4)C3)cc21. The molecule has 0 bridgehead atoms. The summed E-state index contributed by atoms with van der Waals surface area (Å²) in [4.78, 5) is 27.7. The van der Waals surface area contributed by atoms with E-state index in [9.17, 15) is 9.59 Å². The molecule has 1 aliphatic heterocycles. The topological polar surface area (TPSA) is 84.9 Å². The Bertz CT molecular complexity index is 728. The largest absolute Gasteiger partial charge is 0.480 e. The third kappa shape index (κ3) is 4.35. The van der Waals surface area contributed by atoms with Crippen LogP contribution in [0, 0.1) is 5.92 Å². The monoisotopic (exact) mass is 372 g/mol. The first kappa shape index (κ1) is 18.1. The van der Waals surface area contributed by atoms with Crippen LogP contribution in [0.5, 0.6) is 0 Å². The van der Waals surface area contributed by atoms with E-state index in [1.807, 2.05) is 12.1 Å². The lowest BCUT2D eigenvalue weighted by Crippen LogP contribution is -2.55. The van der Waals surface area contributed by atoms with Gasteiger partial charge in [-0.3, -0.25) is 9.69 Å². The van der Waals surface area contributed by atoms with Crippen molar-refractivity contribution in [2.75, 3.05) is 36.9 Å². The minimum absolute atomic E-state index is 0.0999. The molecule has 0 unspecified atom stereocenters. The van der Waals surface area contributed by atoms with E-state index in [1.54, 1.807) is 0 Å². The highest BCUT2D eigenvalue weighted by Gasteiger charge is 2.37. The molecule has 27 heavy (non-hydrogen) atoms. The Hall–Kier alpha value is -2.28. The molecule has 1 heterocycles. The van der Waals surface area contributed by atoms with E-state index in [0.717, 1.165) is 38.0 Å². The number of carbonyl (C=O) groups is 2. The summed E-state index contributed by atoms with van der Waals surface area (Å²) < 4.78 is 0. The van der Waals surface area contributed by atoms with Crippen molar-refractivity contribution in [2.24, 2.45) is 5.92 Å². The molecule has 2 fully saturated rings. The number of urea groups is 1. The molecular formula is C20H28N4O3. The van der Waals surface area contributed by atoms with Gasteiger partial charge in [0.15, 0.2) is 0 Å². The molecule has 0 atom stereocenters. The lowest BCUT2D eigenvalue weighted by Gasteiger charge is -2.42. The zero-order chi connectivity index (χ0) is 19.0. The van der Waals surface area contributed by atoms with Crippen LogP contribution in [0.3, 0.4) is 0 Å². The van der Waals surface area contributed by atoms with E-state index in [1.165, 1.54) is 24.1 Å². The Morgan fingerprint density at radius 1 is 1.30 bits per heavy atom. The Morgan fingerprint density at radius 3 is 2.78 bits per heavy atom. The van der Waals surface area contributed by atoms with E-state index in [2.05, 4.69) is 33.5 Å². The van der Waals surface area contributed by atoms with Crippen LogP contribution in [0.2, 0.25) is 0 Å². The van der Waals surface area contributed by atoms with Crippen LogP contribution in [0.4, 0.5) is 16.2 Å². The smallest absolute Gasteiger partial charge is 0.319 e. The fourth-order valence-corrected chi connectivity index (χ4v) is 4.12. The van der Waals surface area contributed by atoms with Crippen molar-refractivity contribution in [1.29, 1.82) is 0 Å². The van der Waals surface area contributed by atoms with Gasteiger partial charge in [-0.25, -0.2) is 4.79 Å². The predicted molar refractivity (Wildman–Crippen MR) is 104 cm³/mol. The van der Waals surface area contributed by atoms with Gasteiger partial charge in [-0.05, 0) is 55.7 Å². The number of benzene rings is 1. The number of amides is 2. The molecule has 0 radical (unpaired) electrons. The van der Waals surface area contributed by atoms with Gasteiger partial charge in [0.2, 0.25) is 0 Å². The summed E-state index contributed by atoms with van der Waals surface area (Å²) in [5, 5.41) is 15.1. The highest BCUT2D eigenvalue weighted by molar-refractivity contribution is 5.90. The molecule has 0 spiro atoms. The van der Waals surface area contributed by atoms with Crippen molar-refractivity contribution >= 4 is 23.4 Å². The average molecular weight is 372 g/mol. The summed E-state index contributed by atoms with van der Waals surface area (Å²) in [6.07, 6.45) is 5.11. The van der Waals surface area contributed by atoms with Gasteiger partial charge in [0.1, 0.15) is 0 Å². The first-order chi connectivity index (χ1) is 13.0. The number of likely N-dealkylation sites (N-methyl/N-ethyl adjacent to an activating group) is 1. The molecule has 2 aliphatic carbocycles. The van der Waals surface area contributed by atoms with Crippen LogP contribution in [0.25, 0.3) is 0 Å². The number of fused-ring (bicyclic) bond motifs is 1. The van der Waals surface area contributed by atoms with Gasteiger partial charge >= 0.3 is 12.0 Å². The Kier molecular flexibility index (Phi) is 4.95. The molecule has 2 amide bonds. The van der Waals surface area contributed by atoms with Gasteiger partial charge in [0.25, 0.3) is 0 Å². The molecule has 3 N–H and O–H groups in total. The summed E-state index contributed by atoms with van der Waals surface area (Å²) >= 11 is 0. The van der Waals surface area contributed by atoms with E-state index in [-0.39, 0.29) is 24.7 Å². The molecule has 1 aromatic rings. The second-order valence-corrected chi connectivity index (χ2v) is 8.20. The molecule has 3 aliphatic rings. The third-order valence-corrected chi connectivity index (χ3v) is 5.96. The van der Waals surface area contributed by atoms with Gasteiger partial charge in [0, 0.05) is 43.6 Å². The van der Waals surface area contributed by atoms with Crippen LogP contribution < -0.4 is 15.5 Å². The molecule has 0 aromatic heterocycles. The summed E-state index contributed by atoms with van der Waals surface area (Å²) in [6.45, 7) is 1.99. The highest BCUT2D eigenvalue weighted by atomic mass is 16.4. The predicted octanol–water partition coefficient (Wildman–Crippen LogP) is 2.13. The third-order valence-electron chi connectivity index (χ3n) is 5.96. The minimum atomic E-state index is -0.772. The molecule has 1 aromatic carbocycles. The Morgan fingerprint density at radius 2 is 2.07 bits per heavy atom. The second kappa shape index (κ2) is 7.38.